The number of aliphatic imine (C=N–C) groups is 2. The monoisotopic (exact) mass is 392 g/mol. The highest BCUT2D eigenvalue weighted by molar-refractivity contribution is 6.56. The Morgan fingerprint density at radius 2 is 1.24 bits per heavy atom. The van der Waals surface area contributed by atoms with E-state index in [0.29, 0.717) is 21.3 Å². The Kier molecular flexibility index (Phi) is 5.03. The van der Waals surface area contributed by atoms with Crippen molar-refractivity contribution in [2.45, 2.75) is 0 Å². The van der Waals surface area contributed by atoms with Crippen LogP contribution in [0.25, 0.3) is 11.4 Å². The molecular formula is C24H13ClN4. The standard InChI is InChI=1S/C24H13ClN4/c25-21-13-18(11-12-20(21)19(14-26)15-27)24-28-22(16-7-3-1-4-8-16)23(29-24)17-9-5-2-6-10-17/h1-13H. The van der Waals surface area contributed by atoms with Crippen molar-refractivity contribution in [3.05, 3.63) is 105 Å². The number of rotatable bonds is 2. The molecule has 0 amide bonds. The number of nitrogens with zero attached hydrogens (tertiary/aromatic N) is 4. The van der Waals surface area contributed by atoms with E-state index in [9.17, 15) is 0 Å². The van der Waals surface area contributed by atoms with Crippen LogP contribution in [-0.2, 0) is 0 Å². The highest BCUT2D eigenvalue weighted by atomic mass is 35.5. The molecule has 0 spiro atoms. The van der Waals surface area contributed by atoms with Gasteiger partial charge in [0.1, 0.15) is 17.7 Å². The highest BCUT2D eigenvalue weighted by Gasteiger charge is 2.20. The summed E-state index contributed by atoms with van der Waals surface area (Å²) < 4.78 is 0. The lowest BCUT2D eigenvalue weighted by Crippen LogP contribution is -2.13. The van der Waals surface area contributed by atoms with Gasteiger partial charge in [0.05, 0.1) is 16.4 Å². The maximum atomic E-state index is 9.09. The summed E-state index contributed by atoms with van der Waals surface area (Å²) >= 11 is 6.33. The second-order valence-corrected chi connectivity index (χ2v) is 6.68. The van der Waals surface area contributed by atoms with Gasteiger partial charge in [0.15, 0.2) is 5.82 Å². The quantitative estimate of drug-likeness (QED) is 0.668. The first kappa shape index (κ1) is 18.4. The minimum atomic E-state index is -0.0278. The molecule has 0 atom stereocenters. The van der Waals surface area contributed by atoms with Crippen molar-refractivity contribution in [1.29, 1.82) is 10.5 Å². The van der Waals surface area contributed by atoms with Crippen LogP contribution in [0.5, 0.6) is 0 Å². The molecule has 0 aliphatic carbocycles. The van der Waals surface area contributed by atoms with Gasteiger partial charge in [0.2, 0.25) is 0 Å². The van der Waals surface area contributed by atoms with Crippen LogP contribution in [-0.4, -0.2) is 11.4 Å². The molecule has 4 rings (SSSR count). The van der Waals surface area contributed by atoms with E-state index < -0.39 is 0 Å². The van der Waals surface area contributed by atoms with Crippen molar-refractivity contribution < 1.29 is 0 Å². The van der Waals surface area contributed by atoms with E-state index in [1.807, 2.05) is 72.8 Å². The fourth-order valence-corrected chi connectivity index (χ4v) is 3.34. The molecule has 1 aliphatic heterocycles. The lowest BCUT2D eigenvalue weighted by molar-refractivity contribution is 1.39. The maximum Gasteiger partial charge on any atom is 0.160 e. The van der Waals surface area contributed by atoms with E-state index in [4.69, 9.17) is 32.1 Å². The van der Waals surface area contributed by atoms with Gasteiger partial charge in [0.25, 0.3) is 0 Å². The Morgan fingerprint density at radius 1 is 0.724 bits per heavy atom. The smallest absolute Gasteiger partial charge is 0.160 e. The summed E-state index contributed by atoms with van der Waals surface area (Å²) in [4.78, 5) is 9.55. The van der Waals surface area contributed by atoms with Crippen LogP contribution >= 0.6 is 11.6 Å². The molecule has 5 heteroatoms. The molecule has 0 fully saturated rings. The Bertz CT molecular complexity index is 1280. The maximum absolute atomic E-state index is 9.09. The zero-order valence-corrected chi connectivity index (χ0v) is 15.9. The number of hydrogen-bond donors (Lipinski definition) is 0. The molecule has 0 bridgehead atoms. The molecule has 3 aromatic carbocycles. The van der Waals surface area contributed by atoms with Crippen LogP contribution in [0.4, 0.5) is 0 Å². The Hall–Kier alpha value is -3.99. The van der Waals surface area contributed by atoms with Crippen LogP contribution in [0.3, 0.4) is 0 Å². The van der Waals surface area contributed by atoms with Crippen LogP contribution < -0.4 is 10.4 Å². The second-order valence-electron chi connectivity index (χ2n) is 6.27. The van der Waals surface area contributed by atoms with E-state index in [-0.39, 0.29) is 5.57 Å². The molecule has 0 aromatic heterocycles. The SMILES string of the molecule is N#CC(C#N)=c1ccc(=C2N=C(c3ccccc3)C(c3ccccc3)=N2)cc1Cl. The molecule has 0 unspecified atom stereocenters. The zero-order valence-electron chi connectivity index (χ0n) is 15.2. The van der Waals surface area contributed by atoms with Gasteiger partial charge in [-0.1, -0.05) is 84.4 Å². The van der Waals surface area contributed by atoms with Crippen LogP contribution in [0.15, 0.2) is 88.8 Å². The first-order chi connectivity index (χ1) is 14.2. The van der Waals surface area contributed by atoms with Crippen molar-refractivity contribution in [3.8, 4) is 12.1 Å². The number of benzene rings is 3. The molecular weight excluding hydrogens is 380 g/mol. The van der Waals surface area contributed by atoms with Crippen molar-refractivity contribution in [2.75, 3.05) is 0 Å². The Morgan fingerprint density at radius 3 is 1.69 bits per heavy atom. The van der Waals surface area contributed by atoms with E-state index in [0.717, 1.165) is 22.6 Å². The van der Waals surface area contributed by atoms with Gasteiger partial charge in [0, 0.05) is 21.6 Å². The van der Waals surface area contributed by atoms with Crippen LogP contribution in [0, 0.1) is 22.7 Å². The molecule has 0 saturated heterocycles. The minimum Gasteiger partial charge on any atom is -0.226 e. The normalized spacial score (nSPS) is 12.6. The average molecular weight is 393 g/mol. The van der Waals surface area contributed by atoms with Crippen molar-refractivity contribution in [3.63, 3.8) is 0 Å². The molecule has 4 nitrogen and oxygen atoms in total. The van der Waals surface area contributed by atoms with Gasteiger partial charge in [-0.3, -0.25) is 0 Å². The van der Waals surface area contributed by atoms with E-state index in [1.165, 1.54) is 0 Å². The topological polar surface area (TPSA) is 72.3 Å². The predicted molar refractivity (Wildman–Crippen MR) is 115 cm³/mol. The molecule has 29 heavy (non-hydrogen) atoms. The van der Waals surface area contributed by atoms with Crippen molar-refractivity contribution in [1.82, 2.24) is 0 Å². The molecule has 136 valence electrons. The fourth-order valence-electron chi connectivity index (χ4n) is 3.07. The first-order valence-electron chi connectivity index (χ1n) is 8.84. The zero-order chi connectivity index (χ0) is 20.2. The molecule has 0 radical (unpaired) electrons. The highest BCUT2D eigenvalue weighted by Crippen LogP contribution is 2.20. The summed E-state index contributed by atoms with van der Waals surface area (Å²) in [6.45, 7) is 0. The summed E-state index contributed by atoms with van der Waals surface area (Å²) in [6.07, 6.45) is 0. The predicted octanol–water partition coefficient (Wildman–Crippen LogP) is 3.60. The van der Waals surface area contributed by atoms with Gasteiger partial charge >= 0.3 is 0 Å². The molecule has 0 saturated carbocycles. The first-order valence-corrected chi connectivity index (χ1v) is 9.22. The average Bonchev–Trinajstić information content (AvgIpc) is 3.22. The third-order valence-corrected chi connectivity index (χ3v) is 4.79. The van der Waals surface area contributed by atoms with Gasteiger partial charge in [-0.25, -0.2) is 9.98 Å². The summed E-state index contributed by atoms with van der Waals surface area (Å²) in [5.74, 6) is 0.534. The van der Waals surface area contributed by atoms with Crippen molar-refractivity contribution in [2.24, 2.45) is 9.98 Å². The summed E-state index contributed by atoms with van der Waals surface area (Å²) in [5, 5.41) is 19.6. The van der Waals surface area contributed by atoms with Gasteiger partial charge < -0.3 is 0 Å². The van der Waals surface area contributed by atoms with Crippen molar-refractivity contribution >= 4 is 34.4 Å². The largest absolute Gasteiger partial charge is 0.226 e. The van der Waals surface area contributed by atoms with E-state index in [1.54, 1.807) is 18.2 Å². The molecule has 0 N–H and O–H groups in total. The fraction of sp³-hybridized carbons (Fsp3) is 0. The number of halogens is 1. The Balaban J connectivity index is 1.96. The third kappa shape index (κ3) is 3.58. The number of hydrogen-bond acceptors (Lipinski definition) is 4. The third-order valence-electron chi connectivity index (χ3n) is 4.47. The lowest BCUT2D eigenvalue weighted by Gasteiger charge is -2.04. The lowest BCUT2D eigenvalue weighted by atomic mass is 10.0. The molecule has 1 heterocycles. The van der Waals surface area contributed by atoms with Gasteiger partial charge in [-0.2, -0.15) is 10.5 Å². The Labute approximate surface area is 172 Å². The summed E-state index contributed by atoms with van der Waals surface area (Å²) in [7, 11) is 0. The van der Waals surface area contributed by atoms with Crippen LogP contribution in [0.1, 0.15) is 11.1 Å². The van der Waals surface area contributed by atoms with E-state index in [2.05, 4.69) is 0 Å². The molecule has 3 aromatic rings. The number of nitriles is 2. The van der Waals surface area contributed by atoms with Crippen LogP contribution in [0.2, 0.25) is 5.02 Å². The molecule has 1 aliphatic rings. The second kappa shape index (κ2) is 7.94. The summed E-state index contributed by atoms with van der Waals surface area (Å²) in [6, 6.07) is 28.6. The van der Waals surface area contributed by atoms with Gasteiger partial charge in [-0.15, -0.1) is 0 Å². The van der Waals surface area contributed by atoms with Gasteiger partial charge in [-0.05, 0) is 6.07 Å². The van der Waals surface area contributed by atoms with E-state index >= 15 is 0 Å². The summed E-state index contributed by atoms with van der Waals surface area (Å²) in [5.41, 5.74) is 3.48. The minimum absolute atomic E-state index is 0.0278.